The van der Waals surface area contributed by atoms with Crippen LogP contribution in [0.4, 0.5) is 0 Å². The molecule has 0 bridgehead atoms. The van der Waals surface area contributed by atoms with Crippen LogP contribution >= 0.6 is 0 Å². The number of amides is 1. The topological polar surface area (TPSA) is 49.6 Å². The summed E-state index contributed by atoms with van der Waals surface area (Å²) in [5, 5.41) is 0. The summed E-state index contributed by atoms with van der Waals surface area (Å²) in [5.74, 6) is 1.66. The van der Waals surface area contributed by atoms with Gasteiger partial charge in [-0.3, -0.25) is 9.69 Å². The predicted molar refractivity (Wildman–Crippen MR) is 84.9 cm³/mol. The van der Waals surface area contributed by atoms with Crippen molar-refractivity contribution in [2.45, 2.75) is 64.0 Å². The third kappa shape index (κ3) is 3.42. The first-order valence-electron chi connectivity index (χ1n) is 8.92. The molecule has 21 heavy (non-hydrogen) atoms. The van der Waals surface area contributed by atoms with Crippen molar-refractivity contribution in [2.24, 2.45) is 17.6 Å². The maximum absolute atomic E-state index is 12.8. The lowest BCUT2D eigenvalue weighted by Crippen LogP contribution is -2.54. The van der Waals surface area contributed by atoms with Gasteiger partial charge in [0, 0.05) is 31.7 Å². The van der Waals surface area contributed by atoms with E-state index in [9.17, 15) is 4.79 Å². The molecule has 120 valence electrons. The zero-order valence-electron chi connectivity index (χ0n) is 13.5. The summed E-state index contributed by atoms with van der Waals surface area (Å²) in [5.41, 5.74) is 6.08. The normalized spacial score (nSPS) is 38.1. The van der Waals surface area contributed by atoms with Gasteiger partial charge < -0.3 is 10.6 Å². The summed E-state index contributed by atoms with van der Waals surface area (Å²) < 4.78 is 0. The van der Waals surface area contributed by atoms with E-state index in [2.05, 4.69) is 16.7 Å². The van der Waals surface area contributed by atoms with Gasteiger partial charge in [0.25, 0.3) is 0 Å². The van der Waals surface area contributed by atoms with Gasteiger partial charge in [-0.25, -0.2) is 0 Å². The van der Waals surface area contributed by atoms with E-state index in [0.717, 1.165) is 32.0 Å². The molecule has 0 aromatic heterocycles. The molecule has 1 amide bonds. The van der Waals surface area contributed by atoms with Crippen LogP contribution in [0.15, 0.2) is 0 Å². The van der Waals surface area contributed by atoms with E-state index in [1.807, 2.05) is 0 Å². The lowest BCUT2D eigenvalue weighted by Gasteiger charge is -2.45. The quantitative estimate of drug-likeness (QED) is 0.845. The van der Waals surface area contributed by atoms with Crippen molar-refractivity contribution in [3.8, 4) is 0 Å². The van der Waals surface area contributed by atoms with Gasteiger partial charge in [-0.2, -0.15) is 0 Å². The molecule has 2 heterocycles. The summed E-state index contributed by atoms with van der Waals surface area (Å²) >= 11 is 0. The lowest BCUT2D eigenvalue weighted by atomic mass is 9.78. The molecule has 3 rings (SSSR count). The number of nitrogens with zero attached hydrogens (tertiary/aromatic N) is 2. The Kier molecular flexibility index (Phi) is 4.85. The van der Waals surface area contributed by atoms with Crippen LogP contribution in [0.25, 0.3) is 0 Å². The Morgan fingerprint density at radius 2 is 1.86 bits per heavy atom. The van der Waals surface area contributed by atoms with Crippen LogP contribution in [0.2, 0.25) is 0 Å². The largest absolute Gasteiger partial charge is 0.338 e. The second-order valence-corrected chi connectivity index (χ2v) is 7.51. The van der Waals surface area contributed by atoms with E-state index >= 15 is 0 Å². The first-order chi connectivity index (χ1) is 10.1. The third-order valence-electron chi connectivity index (χ3n) is 5.98. The van der Waals surface area contributed by atoms with Gasteiger partial charge in [0.2, 0.25) is 5.91 Å². The smallest absolute Gasteiger partial charge is 0.237 e. The number of likely N-dealkylation sites (tertiary alicyclic amines) is 2. The van der Waals surface area contributed by atoms with E-state index in [-0.39, 0.29) is 0 Å². The van der Waals surface area contributed by atoms with Crippen molar-refractivity contribution in [1.29, 1.82) is 0 Å². The predicted octanol–water partition coefficient (Wildman–Crippen LogP) is 1.84. The van der Waals surface area contributed by atoms with Gasteiger partial charge in [0.1, 0.15) is 0 Å². The van der Waals surface area contributed by atoms with Gasteiger partial charge in [-0.15, -0.1) is 0 Å². The highest BCUT2D eigenvalue weighted by Gasteiger charge is 2.36. The van der Waals surface area contributed by atoms with Crippen molar-refractivity contribution in [1.82, 2.24) is 9.80 Å². The van der Waals surface area contributed by atoms with Crippen molar-refractivity contribution in [3.05, 3.63) is 0 Å². The van der Waals surface area contributed by atoms with E-state index in [1.54, 1.807) is 0 Å². The zero-order valence-corrected chi connectivity index (χ0v) is 13.5. The van der Waals surface area contributed by atoms with E-state index in [1.165, 1.54) is 38.5 Å². The lowest BCUT2D eigenvalue weighted by molar-refractivity contribution is -0.139. The van der Waals surface area contributed by atoms with E-state index < -0.39 is 0 Å². The number of piperidine rings is 2. The number of rotatable bonds is 2. The maximum Gasteiger partial charge on any atom is 0.237 e. The number of nitrogens with two attached hydrogens (primary N) is 1. The molecule has 3 aliphatic rings. The van der Waals surface area contributed by atoms with Crippen LogP contribution in [-0.2, 0) is 4.79 Å². The van der Waals surface area contributed by atoms with Gasteiger partial charge in [0.15, 0.2) is 0 Å². The Labute approximate surface area is 129 Å². The third-order valence-corrected chi connectivity index (χ3v) is 5.98. The molecular formula is C17H31N3O. The van der Waals surface area contributed by atoms with Gasteiger partial charge >= 0.3 is 0 Å². The maximum atomic E-state index is 12.8. The van der Waals surface area contributed by atoms with Crippen LogP contribution in [0.1, 0.15) is 51.9 Å². The van der Waals surface area contributed by atoms with Crippen LogP contribution < -0.4 is 5.73 Å². The Balaban J connectivity index is 1.57. The number of hydrogen-bond donors (Lipinski definition) is 1. The molecule has 4 atom stereocenters. The van der Waals surface area contributed by atoms with Crippen LogP contribution in [0.3, 0.4) is 0 Å². The minimum atomic E-state index is 0.314. The zero-order chi connectivity index (χ0) is 14.8. The summed E-state index contributed by atoms with van der Waals surface area (Å²) in [4.78, 5) is 17.3. The monoisotopic (exact) mass is 293 g/mol. The molecule has 3 fully saturated rings. The molecule has 4 unspecified atom stereocenters. The number of carbonyl (C=O) groups is 1. The van der Waals surface area contributed by atoms with Gasteiger partial charge in [0.05, 0.1) is 6.54 Å². The molecule has 0 aromatic rings. The fourth-order valence-corrected chi connectivity index (χ4v) is 4.61. The van der Waals surface area contributed by atoms with E-state index in [4.69, 9.17) is 5.73 Å². The summed E-state index contributed by atoms with van der Waals surface area (Å²) in [6.07, 6.45) is 8.81. The SMILES string of the molecule is CC1CN(CC(=O)N2CCCC3CCCCC32)CCC1N. The summed E-state index contributed by atoms with van der Waals surface area (Å²) in [6, 6.07) is 0.860. The van der Waals surface area contributed by atoms with Crippen molar-refractivity contribution >= 4 is 5.91 Å². The standard InChI is InChI=1S/C17H31N3O/c1-13-11-19(10-8-15(13)18)12-17(21)20-9-4-6-14-5-2-3-7-16(14)20/h13-16H,2-12,18H2,1H3. The average molecular weight is 293 g/mol. The molecular weight excluding hydrogens is 262 g/mol. The number of hydrogen-bond acceptors (Lipinski definition) is 3. The molecule has 0 spiro atoms. The molecule has 1 saturated carbocycles. The first kappa shape index (κ1) is 15.3. The molecule has 4 nitrogen and oxygen atoms in total. The van der Waals surface area contributed by atoms with Crippen molar-refractivity contribution in [3.63, 3.8) is 0 Å². The molecule has 2 saturated heterocycles. The second kappa shape index (κ2) is 6.66. The Bertz CT molecular complexity index is 371. The van der Waals surface area contributed by atoms with Crippen LogP contribution in [0, 0.1) is 11.8 Å². The van der Waals surface area contributed by atoms with Crippen LogP contribution in [0.5, 0.6) is 0 Å². The number of carbonyl (C=O) groups excluding carboxylic acids is 1. The van der Waals surface area contributed by atoms with Gasteiger partial charge in [-0.05, 0) is 43.9 Å². The molecule has 0 aromatic carbocycles. The van der Waals surface area contributed by atoms with E-state index in [0.29, 0.717) is 30.5 Å². The molecule has 0 radical (unpaired) electrons. The second-order valence-electron chi connectivity index (χ2n) is 7.51. The summed E-state index contributed by atoms with van der Waals surface area (Å²) in [6.45, 7) is 5.77. The van der Waals surface area contributed by atoms with Crippen molar-refractivity contribution in [2.75, 3.05) is 26.2 Å². The Hall–Kier alpha value is -0.610. The van der Waals surface area contributed by atoms with Crippen molar-refractivity contribution < 1.29 is 4.79 Å². The molecule has 2 aliphatic heterocycles. The first-order valence-corrected chi connectivity index (χ1v) is 8.92. The average Bonchev–Trinajstić information content (AvgIpc) is 2.50. The minimum absolute atomic E-state index is 0.314. The van der Waals surface area contributed by atoms with Gasteiger partial charge in [-0.1, -0.05) is 19.8 Å². The fourth-order valence-electron chi connectivity index (χ4n) is 4.61. The Morgan fingerprint density at radius 3 is 2.67 bits per heavy atom. The molecule has 4 heteroatoms. The molecule has 1 aliphatic carbocycles. The number of fused-ring (bicyclic) bond motifs is 1. The van der Waals surface area contributed by atoms with Crippen LogP contribution in [-0.4, -0.2) is 54.0 Å². The summed E-state index contributed by atoms with van der Waals surface area (Å²) in [7, 11) is 0. The highest BCUT2D eigenvalue weighted by atomic mass is 16.2. The highest BCUT2D eigenvalue weighted by Crippen LogP contribution is 2.35. The fraction of sp³-hybridized carbons (Fsp3) is 0.941. The minimum Gasteiger partial charge on any atom is -0.338 e. The molecule has 2 N–H and O–H groups in total. The Morgan fingerprint density at radius 1 is 1.10 bits per heavy atom. The highest BCUT2D eigenvalue weighted by molar-refractivity contribution is 5.78.